The summed E-state index contributed by atoms with van der Waals surface area (Å²) < 4.78 is 5.48. The van der Waals surface area contributed by atoms with Gasteiger partial charge in [-0.3, -0.25) is 9.88 Å². The first-order valence-corrected chi connectivity index (χ1v) is 8.47. The maximum Gasteiger partial charge on any atom is 0.244 e. The molecule has 6 nitrogen and oxygen atoms in total. The van der Waals surface area contributed by atoms with Crippen LogP contribution in [0.5, 0.6) is 0 Å². The first-order chi connectivity index (χ1) is 12.2. The summed E-state index contributed by atoms with van der Waals surface area (Å²) in [4.78, 5) is 10.7. The van der Waals surface area contributed by atoms with E-state index in [4.69, 9.17) is 16.1 Å². The molecule has 128 valence electrons. The highest BCUT2D eigenvalue weighted by atomic mass is 35.5. The van der Waals surface area contributed by atoms with Crippen molar-refractivity contribution < 1.29 is 9.63 Å². The maximum atomic E-state index is 10.1. The molecule has 1 aliphatic heterocycles. The number of halogens is 1. The number of aliphatic hydroxyl groups is 1. The van der Waals surface area contributed by atoms with Crippen LogP contribution in [0.1, 0.15) is 23.9 Å². The van der Waals surface area contributed by atoms with Gasteiger partial charge in [-0.05, 0) is 36.2 Å². The van der Waals surface area contributed by atoms with Crippen molar-refractivity contribution in [2.45, 2.75) is 25.1 Å². The fourth-order valence-corrected chi connectivity index (χ4v) is 3.25. The van der Waals surface area contributed by atoms with Crippen molar-refractivity contribution in [1.29, 1.82) is 0 Å². The summed E-state index contributed by atoms with van der Waals surface area (Å²) in [7, 11) is 0. The van der Waals surface area contributed by atoms with Gasteiger partial charge in [0, 0.05) is 36.1 Å². The van der Waals surface area contributed by atoms with Gasteiger partial charge in [-0.15, -0.1) is 0 Å². The Hall–Kier alpha value is -2.28. The van der Waals surface area contributed by atoms with E-state index in [1.165, 1.54) is 0 Å². The third kappa shape index (κ3) is 3.56. The van der Waals surface area contributed by atoms with Gasteiger partial charge in [0.1, 0.15) is 0 Å². The second-order valence-electron chi connectivity index (χ2n) is 6.15. The van der Waals surface area contributed by atoms with Crippen LogP contribution in [-0.4, -0.2) is 37.8 Å². The van der Waals surface area contributed by atoms with Gasteiger partial charge in [0.2, 0.25) is 11.7 Å². The summed E-state index contributed by atoms with van der Waals surface area (Å²) in [5.74, 6) is 1.06. The highest BCUT2D eigenvalue weighted by molar-refractivity contribution is 6.30. The maximum absolute atomic E-state index is 10.1. The molecule has 0 radical (unpaired) electrons. The molecule has 7 heteroatoms. The van der Waals surface area contributed by atoms with E-state index in [9.17, 15) is 5.11 Å². The third-order valence-electron chi connectivity index (χ3n) is 4.35. The average molecular weight is 357 g/mol. The molecule has 0 bridgehead atoms. The fraction of sp³-hybridized carbons (Fsp3) is 0.278. The van der Waals surface area contributed by atoms with Crippen molar-refractivity contribution in [1.82, 2.24) is 20.0 Å². The molecule has 2 atom stereocenters. The van der Waals surface area contributed by atoms with Gasteiger partial charge in [-0.25, -0.2) is 0 Å². The average Bonchev–Trinajstić information content (AvgIpc) is 3.24. The number of hydrogen-bond acceptors (Lipinski definition) is 6. The Morgan fingerprint density at radius 2 is 1.92 bits per heavy atom. The third-order valence-corrected chi connectivity index (χ3v) is 4.60. The van der Waals surface area contributed by atoms with Crippen molar-refractivity contribution in [2.75, 3.05) is 6.54 Å². The number of pyridine rings is 1. The second kappa shape index (κ2) is 6.92. The van der Waals surface area contributed by atoms with Crippen LogP contribution in [0.3, 0.4) is 0 Å². The molecule has 25 heavy (non-hydrogen) atoms. The SMILES string of the molecule is O[C@@H]1C[C@@H](c2nc(-c3ccncc3)no2)N(Cc2ccc(Cl)cc2)C1. The molecule has 0 aliphatic carbocycles. The van der Waals surface area contributed by atoms with E-state index in [2.05, 4.69) is 20.0 Å². The van der Waals surface area contributed by atoms with Gasteiger partial charge in [0.25, 0.3) is 0 Å². The van der Waals surface area contributed by atoms with E-state index in [1.807, 2.05) is 36.4 Å². The number of hydrogen-bond donors (Lipinski definition) is 1. The summed E-state index contributed by atoms with van der Waals surface area (Å²) in [6.07, 6.45) is 3.55. The van der Waals surface area contributed by atoms with Crippen LogP contribution in [0.4, 0.5) is 0 Å². The Labute approximate surface area is 150 Å². The first-order valence-electron chi connectivity index (χ1n) is 8.09. The highest BCUT2D eigenvalue weighted by Crippen LogP contribution is 2.33. The lowest BCUT2D eigenvalue weighted by molar-refractivity contribution is 0.169. The van der Waals surface area contributed by atoms with E-state index < -0.39 is 6.10 Å². The standard InChI is InChI=1S/C18H17ClN4O2/c19-14-3-1-12(2-4-14)10-23-11-15(24)9-16(23)18-21-17(22-25-18)13-5-7-20-8-6-13/h1-8,15-16,24H,9-11H2/t15-,16+/m1/s1. The van der Waals surface area contributed by atoms with Crippen molar-refractivity contribution in [2.24, 2.45) is 0 Å². The molecule has 1 fully saturated rings. The predicted octanol–water partition coefficient (Wildman–Crippen LogP) is 3.09. The molecule has 0 saturated carbocycles. The smallest absolute Gasteiger partial charge is 0.244 e. The normalized spacial score (nSPS) is 20.9. The van der Waals surface area contributed by atoms with Crippen LogP contribution >= 0.6 is 11.6 Å². The number of aromatic nitrogens is 3. The van der Waals surface area contributed by atoms with E-state index in [0.717, 1.165) is 11.1 Å². The van der Waals surface area contributed by atoms with Crippen LogP contribution in [0.2, 0.25) is 5.02 Å². The van der Waals surface area contributed by atoms with Crippen molar-refractivity contribution in [3.05, 3.63) is 65.3 Å². The lowest BCUT2D eigenvalue weighted by atomic mass is 10.1. The minimum atomic E-state index is -0.409. The highest BCUT2D eigenvalue weighted by Gasteiger charge is 2.35. The Bertz CT molecular complexity index is 838. The molecule has 0 amide bonds. The van der Waals surface area contributed by atoms with Gasteiger partial charge in [-0.1, -0.05) is 28.9 Å². The van der Waals surface area contributed by atoms with Crippen molar-refractivity contribution in [3.8, 4) is 11.4 Å². The number of rotatable bonds is 4. The molecule has 0 spiro atoms. The zero-order valence-electron chi connectivity index (χ0n) is 13.4. The van der Waals surface area contributed by atoms with Crippen LogP contribution in [0.15, 0.2) is 53.3 Å². The number of likely N-dealkylation sites (tertiary alicyclic amines) is 1. The number of aliphatic hydroxyl groups excluding tert-OH is 1. The molecule has 1 aromatic carbocycles. The largest absolute Gasteiger partial charge is 0.392 e. The Balaban J connectivity index is 1.55. The number of β-amino-alcohol motifs (C(OH)–C–C–N with tert-alkyl or cyclic N) is 1. The molecule has 3 heterocycles. The molecular formula is C18H17ClN4O2. The topological polar surface area (TPSA) is 75.3 Å². The predicted molar refractivity (Wildman–Crippen MR) is 92.8 cm³/mol. The molecule has 2 aromatic heterocycles. The summed E-state index contributed by atoms with van der Waals surface area (Å²) in [5.41, 5.74) is 1.98. The lowest BCUT2D eigenvalue weighted by Crippen LogP contribution is -2.24. The van der Waals surface area contributed by atoms with Crippen LogP contribution in [0, 0.1) is 0 Å². The van der Waals surface area contributed by atoms with Crippen LogP contribution < -0.4 is 0 Å². The summed E-state index contributed by atoms with van der Waals surface area (Å²) in [6, 6.07) is 11.3. The monoisotopic (exact) mass is 356 g/mol. The Kier molecular flexibility index (Phi) is 4.48. The van der Waals surface area contributed by atoms with Crippen molar-refractivity contribution >= 4 is 11.6 Å². The van der Waals surface area contributed by atoms with E-state index in [1.54, 1.807) is 12.4 Å². The summed E-state index contributed by atoms with van der Waals surface area (Å²) >= 11 is 5.95. The lowest BCUT2D eigenvalue weighted by Gasteiger charge is -2.21. The zero-order chi connectivity index (χ0) is 17.2. The molecule has 4 rings (SSSR count). The molecule has 0 unspecified atom stereocenters. The summed E-state index contributed by atoms with van der Waals surface area (Å²) in [6.45, 7) is 1.26. The number of nitrogens with zero attached hydrogens (tertiary/aromatic N) is 4. The Morgan fingerprint density at radius 3 is 2.68 bits per heavy atom. The molecule has 1 N–H and O–H groups in total. The molecule has 3 aromatic rings. The van der Waals surface area contributed by atoms with Gasteiger partial charge >= 0.3 is 0 Å². The quantitative estimate of drug-likeness (QED) is 0.774. The minimum absolute atomic E-state index is 0.103. The van der Waals surface area contributed by atoms with Gasteiger partial charge < -0.3 is 9.63 Å². The van der Waals surface area contributed by atoms with Crippen LogP contribution in [-0.2, 0) is 6.54 Å². The van der Waals surface area contributed by atoms with E-state index in [-0.39, 0.29) is 6.04 Å². The molecular weight excluding hydrogens is 340 g/mol. The second-order valence-corrected chi connectivity index (χ2v) is 6.59. The van der Waals surface area contributed by atoms with Crippen LogP contribution in [0.25, 0.3) is 11.4 Å². The number of benzene rings is 1. The minimum Gasteiger partial charge on any atom is -0.392 e. The summed E-state index contributed by atoms with van der Waals surface area (Å²) in [5, 5.41) is 14.9. The Morgan fingerprint density at radius 1 is 1.16 bits per heavy atom. The van der Waals surface area contributed by atoms with E-state index >= 15 is 0 Å². The van der Waals surface area contributed by atoms with Gasteiger partial charge in [0.05, 0.1) is 12.1 Å². The van der Waals surface area contributed by atoms with Crippen molar-refractivity contribution in [3.63, 3.8) is 0 Å². The first kappa shape index (κ1) is 16.2. The molecule has 1 aliphatic rings. The molecule has 1 saturated heterocycles. The van der Waals surface area contributed by atoms with E-state index in [0.29, 0.717) is 36.2 Å². The fourth-order valence-electron chi connectivity index (χ4n) is 3.12. The zero-order valence-corrected chi connectivity index (χ0v) is 14.2. The van der Waals surface area contributed by atoms with Gasteiger partial charge in [-0.2, -0.15) is 4.98 Å². The van der Waals surface area contributed by atoms with Gasteiger partial charge in [0.15, 0.2) is 0 Å².